The Balaban J connectivity index is 2.39. The Kier molecular flexibility index (Phi) is 6.62. The van der Waals surface area contributed by atoms with Crippen molar-refractivity contribution < 1.29 is 14.6 Å². The molecule has 3 heteroatoms. The molecule has 0 aliphatic heterocycles. The maximum atomic E-state index is 11.2. The van der Waals surface area contributed by atoms with Gasteiger partial charge in [-0.2, -0.15) is 0 Å². The van der Waals surface area contributed by atoms with E-state index >= 15 is 0 Å². The zero-order valence-electron chi connectivity index (χ0n) is 16.3. The van der Waals surface area contributed by atoms with Crippen LogP contribution in [0.4, 0.5) is 0 Å². The Morgan fingerprint density at radius 1 is 1.23 bits per heavy atom. The van der Waals surface area contributed by atoms with Crippen molar-refractivity contribution in [3.8, 4) is 11.5 Å². The minimum absolute atomic E-state index is 0.00428. The summed E-state index contributed by atoms with van der Waals surface area (Å²) < 4.78 is 5.59. The molecule has 2 aromatic rings. The van der Waals surface area contributed by atoms with E-state index < -0.39 is 0 Å². The maximum absolute atomic E-state index is 11.2. The van der Waals surface area contributed by atoms with Gasteiger partial charge < -0.3 is 9.84 Å². The average molecular weight is 352 g/mol. The molecule has 0 unspecified atom stereocenters. The van der Waals surface area contributed by atoms with Crippen molar-refractivity contribution in [3.63, 3.8) is 0 Å². The van der Waals surface area contributed by atoms with Gasteiger partial charge in [-0.05, 0) is 79.1 Å². The number of benzene rings is 2. The summed E-state index contributed by atoms with van der Waals surface area (Å²) in [6, 6.07) is 9.79. The van der Waals surface area contributed by atoms with E-state index in [2.05, 4.69) is 32.9 Å². The number of aromatic hydroxyl groups is 1. The number of ketones is 1. The number of ether oxygens (including phenoxy) is 1. The van der Waals surface area contributed by atoms with Crippen LogP contribution >= 0.6 is 0 Å². The van der Waals surface area contributed by atoms with Crippen LogP contribution in [0.2, 0.25) is 0 Å². The van der Waals surface area contributed by atoms with E-state index in [1.807, 2.05) is 31.2 Å². The van der Waals surface area contributed by atoms with Crippen LogP contribution in [0.15, 0.2) is 36.4 Å². The summed E-state index contributed by atoms with van der Waals surface area (Å²) in [5.41, 5.74) is 5.56. The second-order valence-corrected chi connectivity index (χ2v) is 7.02. The zero-order valence-corrected chi connectivity index (χ0v) is 16.3. The number of rotatable bonds is 7. The molecular weight excluding hydrogens is 324 g/mol. The van der Waals surface area contributed by atoms with Crippen LogP contribution in [0.25, 0.3) is 6.08 Å². The van der Waals surface area contributed by atoms with Gasteiger partial charge in [-0.15, -0.1) is 0 Å². The fraction of sp³-hybridized carbons (Fsp3) is 0.348. The number of carbonyl (C=O) groups is 1. The van der Waals surface area contributed by atoms with Crippen LogP contribution in [0.5, 0.6) is 11.5 Å². The predicted octanol–water partition coefficient (Wildman–Crippen LogP) is 5.42. The number of hydrogen-bond acceptors (Lipinski definition) is 3. The minimum Gasteiger partial charge on any atom is -0.508 e. The van der Waals surface area contributed by atoms with Gasteiger partial charge in [0.1, 0.15) is 18.1 Å². The molecular formula is C23H28O3. The summed E-state index contributed by atoms with van der Waals surface area (Å²) in [5.74, 6) is 1.34. The fourth-order valence-corrected chi connectivity index (χ4v) is 3.03. The molecule has 0 radical (unpaired) electrons. The number of hydrogen-bond donors (Lipinski definition) is 1. The van der Waals surface area contributed by atoms with Gasteiger partial charge in [0.2, 0.25) is 0 Å². The van der Waals surface area contributed by atoms with Crippen molar-refractivity contribution in [1.29, 1.82) is 0 Å². The smallest absolute Gasteiger partial charge is 0.167 e. The molecule has 3 nitrogen and oxygen atoms in total. The van der Waals surface area contributed by atoms with Gasteiger partial charge in [0.05, 0.1) is 0 Å². The van der Waals surface area contributed by atoms with E-state index in [1.54, 1.807) is 6.07 Å². The minimum atomic E-state index is 0.00428. The second-order valence-electron chi connectivity index (χ2n) is 7.02. The van der Waals surface area contributed by atoms with Crippen molar-refractivity contribution in [2.45, 2.75) is 47.0 Å². The van der Waals surface area contributed by atoms with E-state index in [4.69, 9.17) is 4.74 Å². The summed E-state index contributed by atoms with van der Waals surface area (Å²) in [6.45, 7) is 9.81. The SMILES string of the molecule is C/C=C/c1cc(OCC(C)=O)cc(C)c1Cc1ccc(O)c(C(C)C)c1. The van der Waals surface area contributed by atoms with Crippen LogP contribution < -0.4 is 4.74 Å². The van der Waals surface area contributed by atoms with Crippen molar-refractivity contribution in [2.24, 2.45) is 0 Å². The summed E-state index contributed by atoms with van der Waals surface area (Å²) in [5, 5.41) is 10.0. The average Bonchev–Trinajstić information content (AvgIpc) is 2.57. The predicted molar refractivity (Wildman–Crippen MR) is 107 cm³/mol. The van der Waals surface area contributed by atoms with Gasteiger partial charge in [-0.1, -0.05) is 38.1 Å². The van der Waals surface area contributed by atoms with Gasteiger partial charge in [0.25, 0.3) is 0 Å². The first-order chi connectivity index (χ1) is 12.3. The molecule has 0 saturated carbocycles. The molecule has 0 spiro atoms. The molecule has 0 aliphatic carbocycles. The Morgan fingerprint density at radius 2 is 1.96 bits per heavy atom. The van der Waals surface area contributed by atoms with E-state index in [-0.39, 0.29) is 18.3 Å². The van der Waals surface area contributed by atoms with Crippen molar-refractivity contribution in [2.75, 3.05) is 6.61 Å². The molecule has 2 rings (SSSR count). The highest BCUT2D eigenvalue weighted by atomic mass is 16.5. The normalized spacial score (nSPS) is 11.3. The highest BCUT2D eigenvalue weighted by Crippen LogP contribution is 2.30. The molecule has 2 aromatic carbocycles. The molecule has 138 valence electrons. The van der Waals surface area contributed by atoms with Gasteiger partial charge in [-0.25, -0.2) is 0 Å². The van der Waals surface area contributed by atoms with Gasteiger partial charge >= 0.3 is 0 Å². The lowest BCUT2D eigenvalue weighted by molar-refractivity contribution is -0.118. The summed E-state index contributed by atoms with van der Waals surface area (Å²) in [6.07, 6.45) is 4.84. The van der Waals surface area contributed by atoms with E-state index in [0.29, 0.717) is 11.5 Å². The number of aryl methyl sites for hydroxylation is 1. The van der Waals surface area contributed by atoms with Crippen molar-refractivity contribution >= 4 is 11.9 Å². The highest BCUT2D eigenvalue weighted by molar-refractivity contribution is 5.77. The van der Waals surface area contributed by atoms with Crippen LogP contribution in [0.3, 0.4) is 0 Å². The van der Waals surface area contributed by atoms with E-state index in [1.165, 1.54) is 12.5 Å². The zero-order chi connectivity index (χ0) is 19.3. The fourth-order valence-electron chi connectivity index (χ4n) is 3.03. The lowest BCUT2D eigenvalue weighted by Crippen LogP contribution is -2.07. The summed E-state index contributed by atoms with van der Waals surface area (Å²) >= 11 is 0. The molecule has 0 aromatic heterocycles. The van der Waals surface area contributed by atoms with Crippen LogP contribution in [-0.2, 0) is 11.2 Å². The second kappa shape index (κ2) is 8.70. The largest absolute Gasteiger partial charge is 0.508 e. The third kappa shape index (κ3) is 4.98. The highest BCUT2D eigenvalue weighted by Gasteiger charge is 2.12. The van der Waals surface area contributed by atoms with Crippen LogP contribution in [0, 0.1) is 6.92 Å². The lowest BCUT2D eigenvalue weighted by Gasteiger charge is -2.15. The number of allylic oxidation sites excluding steroid dienone is 1. The molecule has 0 aliphatic rings. The molecule has 0 amide bonds. The van der Waals surface area contributed by atoms with Gasteiger partial charge in [0.15, 0.2) is 5.78 Å². The van der Waals surface area contributed by atoms with Gasteiger partial charge in [0, 0.05) is 0 Å². The molecule has 1 N–H and O–H groups in total. The van der Waals surface area contributed by atoms with Crippen LogP contribution in [0.1, 0.15) is 61.4 Å². The topological polar surface area (TPSA) is 46.5 Å². The van der Waals surface area contributed by atoms with Crippen molar-refractivity contribution in [3.05, 3.63) is 64.2 Å². The quantitative estimate of drug-likeness (QED) is 0.724. The molecule has 0 saturated heterocycles. The Labute approximate surface area is 156 Å². The number of phenolic OH excluding ortho intramolecular Hbond substituents is 1. The first-order valence-electron chi connectivity index (χ1n) is 9.02. The summed E-state index contributed by atoms with van der Waals surface area (Å²) in [7, 11) is 0. The monoisotopic (exact) mass is 352 g/mol. The molecule has 26 heavy (non-hydrogen) atoms. The number of Topliss-reactive ketones (excluding diaryl/α,β-unsaturated/α-hetero) is 1. The molecule has 0 atom stereocenters. The maximum Gasteiger partial charge on any atom is 0.167 e. The Hall–Kier alpha value is -2.55. The Morgan fingerprint density at radius 3 is 2.58 bits per heavy atom. The van der Waals surface area contributed by atoms with Crippen molar-refractivity contribution in [1.82, 2.24) is 0 Å². The molecule has 0 fully saturated rings. The number of phenols is 1. The molecule has 0 bridgehead atoms. The first kappa shape index (κ1) is 19.8. The third-order valence-corrected chi connectivity index (χ3v) is 4.36. The van der Waals surface area contributed by atoms with Gasteiger partial charge in [-0.3, -0.25) is 4.79 Å². The van der Waals surface area contributed by atoms with E-state index in [0.717, 1.165) is 28.7 Å². The number of carbonyl (C=O) groups excluding carboxylic acids is 1. The van der Waals surface area contributed by atoms with Crippen LogP contribution in [-0.4, -0.2) is 17.5 Å². The summed E-state index contributed by atoms with van der Waals surface area (Å²) in [4.78, 5) is 11.2. The van der Waals surface area contributed by atoms with E-state index in [9.17, 15) is 9.90 Å². The lowest BCUT2D eigenvalue weighted by atomic mass is 9.92. The standard InChI is InChI=1S/C23H28O3/c1-6-7-19-13-20(26-14-17(5)24)10-16(4)22(19)12-18-8-9-23(25)21(11-18)15(2)3/h6-11,13,15,25H,12,14H2,1-5H3/b7-6+. The first-order valence-corrected chi connectivity index (χ1v) is 9.02. The third-order valence-electron chi connectivity index (χ3n) is 4.36. The Bertz CT molecular complexity index is 816. The molecule has 0 heterocycles.